The van der Waals surface area contributed by atoms with Gasteiger partial charge in [0.15, 0.2) is 5.58 Å². The zero-order valence-electron chi connectivity index (χ0n) is 9.30. The average Bonchev–Trinajstić information content (AvgIpc) is 2.67. The minimum atomic E-state index is -1.01. The maximum absolute atomic E-state index is 11.0. The minimum Gasteiger partial charge on any atom is -0.408 e. The third kappa shape index (κ3) is 2.38. The Morgan fingerprint density at radius 1 is 1.47 bits per heavy atom. The molecule has 2 unspecified atom stereocenters. The maximum atomic E-state index is 11.0. The Balaban J connectivity index is 2.32. The minimum absolute atomic E-state index is 0.279. The van der Waals surface area contributed by atoms with Crippen LogP contribution in [0, 0.1) is 0 Å². The molecular weight excluding hydrogens is 224 g/mol. The fourth-order valence-electron chi connectivity index (χ4n) is 1.70. The second-order valence-electron chi connectivity index (χ2n) is 3.84. The monoisotopic (exact) mass is 238 g/mol. The zero-order chi connectivity index (χ0) is 12.4. The number of likely N-dealkylation sites (N-methyl/N-ethyl adjacent to an activating group) is 1. The van der Waals surface area contributed by atoms with Gasteiger partial charge < -0.3 is 19.9 Å². The van der Waals surface area contributed by atoms with Crippen LogP contribution < -0.4 is 11.1 Å². The van der Waals surface area contributed by atoms with Crippen molar-refractivity contribution in [3.05, 3.63) is 34.3 Å². The molecule has 0 amide bonds. The number of aromatic nitrogens is 1. The summed E-state index contributed by atoms with van der Waals surface area (Å²) in [6, 6.07) is 4.78. The Morgan fingerprint density at radius 3 is 2.94 bits per heavy atom. The molecule has 0 aliphatic rings. The third-order valence-corrected chi connectivity index (χ3v) is 2.56. The van der Waals surface area contributed by atoms with Crippen LogP contribution in [0.3, 0.4) is 0 Å². The highest BCUT2D eigenvalue weighted by Crippen LogP contribution is 2.20. The average molecular weight is 238 g/mol. The first-order chi connectivity index (χ1) is 8.11. The number of oxazole rings is 1. The highest BCUT2D eigenvalue weighted by Gasteiger charge is 2.18. The van der Waals surface area contributed by atoms with Gasteiger partial charge in [-0.05, 0) is 24.7 Å². The molecule has 0 saturated heterocycles. The van der Waals surface area contributed by atoms with E-state index in [0.29, 0.717) is 16.7 Å². The summed E-state index contributed by atoms with van der Waals surface area (Å²) in [7, 11) is 1.69. The molecule has 0 fully saturated rings. The van der Waals surface area contributed by atoms with Gasteiger partial charge in [-0.15, -0.1) is 0 Å². The fourth-order valence-corrected chi connectivity index (χ4v) is 1.70. The Labute approximate surface area is 96.9 Å². The van der Waals surface area contributed by atoms with Crippen molar-refractivity contribution in [3.8, 4) is 0 Å². The smallest absolute Gasteiger partial charge is 0.408 e. The van der Waals surface area contributed by atoms with Crippen molar-refractivity contribution in [1.29, 1.82) is 0 Å². The Morgan fingerprint density at radius 2 is 2.24 bits per heavy atom. The van der Waals surface area contributed by atoms with Crippen molar-refractivity contribution in [1.82, 2.24) is 10.3 Å². The summed E-state index contributed by atoms with van der Waals surface area (Å²) >= 11 is 0. The van der Waals surface area contributed by atoms with Crippen molar-refractivity contribution in [2.45, 2.75) is 12.2 Å². The van der Waals surface area contributed by atoms with E-state index < -0.39 is 18.0 Å². The second-order valence-corrected chi connectivity index (χ2v) is 3.84. The SMILES string of the molecule is CNCC(O)C(O)c1ccc2oc(=O)[nH]c2c1. The molecule has 17 heavy (non-hydrogen) atoms. The van der Waals surface area contributed by atoms with Gasteiger partial charge in [-0.25, -0.2) is 4.79 Å². The Hall–Kier alpha value is -1.63. The highest BCUT2D eigenvalue weighted by atomic mass is 16.4. The number of rotatable bonds is 4. The van der Waals surface area contributed by atoms with E-state index >= 15 is 0 Å². The van der Waals surface area contributed by atoms with Crippen LogP contribution in [-0.2, 0) is 0 Å². The van der Waals surface area contributed by atoms with E-state index in [9.17, 15) is 15.0 Å². The normalized spacial score (nSPS) is 15.0. The molecule has 4 N–H and O–H groups in total. The Bertz CT molecular complexity index is 560. The largest absolute Gasteiger partial charge is 0.417 e. The first-order valence-corrected chi connectivity index (χ1v) is 5.25. The molecule has 0 aliphatic carbocycles. The molecule has 0 bridgehead atoms. The van der Waals surface area contributed by atoms with Gasteiger partial charge in [-0.3, -0.25) is 4.98 Å². The number of H-pyrrole nitrogens is 1. The summed E-state index contributed by atoms with van der Waals surface area (Å²) in [6.07, 6.45) is -1.92. The number of fused-ring (bicyclic) bond motifs is 1. The van der Waals surface area contributed by atoms with Crippen molar-refractivity contribution in [2.24, 2.45) is 0 Å². The van der Waals surface area contributed by atoms with Gasteiger partial charge in [-0.2, -0.15) is 0 Å². The lowest BCUT2D eigenvalue weighted by Crippen LogP contribution is -2.29. The molecular formula is C11H14N2O4. The molecule has 92 valence electrons. The first kappa shape index (κ1) is 11.8. The number of nitrogens with one attached hydrogen (secondary N) is 2. The van der Waals surface area contributed by atoms with Crippen molar-refractivity contribution >= 4 is 11.1 Å². The summed E-state index contributed by atoms with van der Waals surface area (Å²) < 4.78 is 4.84. The van der Waals surface area contributed by atoms with Crippen LogP contribution in [0.1, 0.15) is 11.7 Å². The first-order valence-electron chi connectivity index (χ1n) is 5.25. The lowest BCUT2D eigenvalue weighted by Gasteiger charge is -2.17. The molecule has 0 spiro atoms. The Kier molecular flexibility index (Phi) is 3.28. The summed E-state index contributed by atoms with van der Waals surface area (Å²) in [5.41, 5.74) is 1.45. The van der Waals surface area contributed by atoms with E-state index in [2.05, 4.69) is 10.3 Å². The number of benzene rings is 1. The van der Waals surface area contributed by atoms with E-state index in [1.165, 1.54) is 0 Å². The van der Waals surface area contributed by atoms with E-state index in [1.807, 2.05) is 0 Å². The summed E-state index contributed by atoms with van der Waals surface area (Å²) in [6.45, 7) is 0.279. The van der Waals surface area contributed by atoms with Gasteiger partial charge >= 0.3 is 5.76 Å². The molecule has 2 aromatic rings. The van der Waals surface area contributed by atoms with Crippen LogP contribution in [0.15, 0.2) is 27.4 Å². The summed E-state index contributed by atoms with van der Waals surface area (Å²) in [5, 5.41) is 22.3. The van der Waals surface area contributed by atoms with E-state index in [0.717, 1.165) is 0 Å². The van der Waals surface area contributed by atoms with Crippen LogP contribution in [0.5, 0.6) is 0 Å². The molecule has 0 aliphatic heterocycles. The van der Waals surface area contributed by atoms with Crippen LogP contribution in [0.25, 0.3) is 11.1 Å². The van der Waals surface area contributed by atoms with Crippen LogP contribution in [-0.4, -0.2) is 34.9 Å². The second kappa shape index (κ2) is 4.70. The highest BCUT2D eigenvalue weighted by molar-refractivity contribution is 5.72. The van der Waals surface area contributed by atoms with Crippen LogP contribution >= 0.6 is 0 Å². The van der Waals surface area contributed by atoms with Gasteiger partial charge in [0.25, 0.3) is 0 Å². The van der Waals surface area contributed by atoms with E-state index in [1.54, 1.807) is 25.2 Å². The molecule has 0 radical (unpaired) electrons. The van der Waals surface area contributed by atoms with Gasteiger partial charge in [0.2, 0.25) is 0 Å². The number of hydrogen-bond acceptors (Lipinski definition) is 5. The van der Waals surface area contributed by atoms with Gasteiger partial charge in [0.1, 0.15) is 6.10 Å². The molecule has 6 heteroatoms. The predicted molar refractivity (Wildman–Crippen MR) is 61.7 cm³/mol. The number of aromatic amines is 1. The molecule has 1 aromatic carbocycles. The van der Waals surface area contributed by atoms with Gasteiger partial charge in [-0.1, -0.05) is 6.07 Å². The lowest BCUT2D eigenvalue weighted by atomic mass is 10.0. The van der Waals surface area contributed by atoms with E-state index in [-0.39, 0.29) is 6.54 Å². The van der Waals surface area contributed by atoms with Crippen molar-refractivity contribution in [2.75, 3.05) is 13.6 Å². The molecule has 1 heterocycles. The number of aliphatic hydroxyl groups is 2. The lowest BCUT2D eigenvalue weighted by molar-refractivity contribution is 0.0203. The third-order valence-electron chi connectivity index (χ3n) is 2.56. The molecule has 2 rings (SSSR count). The van der Waals surface area contributed by atoms with Crippen LogP contribution in [0.4, 0.5) is 0 Å². The molecule has 1 aromatic heterocycles. The number of hydrogen-bond donors (Lipinski definition) is 4. The quantitative estimate of drug-likeness (QED) is 0.588. The van der Waals surface area contributed by atoms with Crippen LogP contribution in [0.2, 0.25) is 0 Å². The van der Waals surface area contributed by atoms with Crippen molar-refractivity contribution in [3.63, 3.8) is 0 Å². The molecule has 0 saturated carbocycles. The topological polar surface area (TPSA) is 98.5 Å². The van der Waals surface area contributed by atoms with Crippen molar-refractivity contribution < 1.29 is 14.6 Å². The predicted octanol–water partition coefficient (Wildman–Crippen LogP) is -0.265. The zero-order valence-corrected chi connectivity index (χ0v) is 9.30. The molecule has 2 atom stereocenters. The maximum Gasteiger partial charge on any atom is 0.417 e. The van der Waals surface area contributed by atoms with E-state index in [4.69, 9.17) is 4.42 Å². The van der Waals surface area contributed by atoms with Gasteiger partial charge in [0.05, 0.1) is 11.6 Å². The standard InChI is InChI=1S/C11H14N2O4/c1-12-5-8(14)10(15)6-2-3-9-7(4-6)13-11(16)17-9/h2-4,8,10,12,14-15H,5H2,1H3,(H,13,16). The van der Waals surface area contributed by atoms with Gasteiger partial charge in [0, 0.05) is 6.54 Å². The summed E-state index contributed by atoms with van der Waals surface area (Å²) in [4.78, 5) is 13.5. The molecule has 6 nitrogen and oxygen atoms in total. The summed E-state index contributed by atoms with van der Waals surface area (Å²) in [5.74, 6) is -0.539. The fraction of sp³-hybridized carbons (Fsp3) is 0.364. The number of aliphatic hydroxyl groups excluding tert-OH is 2.